The quantitative estimate of drug-likeness (QED) is 0.879. The van der Waals surface area contributed by atoms with Gasteiger partial charge in [-0.1, -0.05) is 13.0 Å². The van der Waals surface area contributed by atoms with Crippen LogP contribution in [0, 0.1) is 12.8 Å². The van der Waals surface area contributed by atoms with Crippen molar-refractivity contribution in [3.05, 3.63) is 28.8 Å². The highest BCUT2D eigenvalue weighted by Gasteiger charge is 2.06. The van der Waals surface area contributed by atoms with E-state index >= 15 is 0 Å². The molecule has 0 aliphatic rings. The van der Waals surface area contributed by atoms with E-state index in [0.29, 0.717) is 5.92 Å². The van der Waals surface area contributed by atoms with Gasteiger partial charge in [0.2, 0.25) is 0 Å². The molecule has 2 N–H and O–H groups in total. The molecule has 1 aromatic heterocycles. The van der Waals surface area contributed by atoms with E-state index in [4.69, 9.17) is 10.7 Å². The van der Waals surface area contributed by atoms with Gasteiger partial charge in [0, 0.05) is 0 Å². The maximum Gasteiger partial charge on any atom is 0.0938 e. The van der Waals surface area contributed by atoms with E-state index in [-0.39, 0.29) is 0 Å². The third-order valence-electron chi connectivity index (χ3n) is 3.10. The molecule has 0 amide bonds. The van der Waals surface area contributed by atoms with E-state index in [1.54, 1.807) is 0 Å². The molecular weight excluding hydrogens is 228 g/mol. The van der Waals surface area contributed by atoms with Crippen LogP contribution in [0.5, 0.6) is 0 Å². The summed E-state index contributed by atoms with van der Waals surface area (Å²) >= 11 is 1.82. The molecule has 2 nitrogen and oxygen atoms in total. The van der Waals surface area contributed by atoms with Crippen LogP contribution in [0.1, 0.15) is 30.3 Å². The van der Waals surface area contributed by atoms with Gasteiger partial charge >= 0.3 is 0 Å². The molecule has 0 saturated heterocycles. The van der Waals surface area contributed by atoms with E-state index in [9.17, 15) is 0 Å². The van der Waals surface area contributed by atoms with Gasteiger partial charge in [0.15, 0.2) is 0 Å². The normalized spacial score (nSPS) is 13.1. The third kappa shape index (κ3) is 3.27. The Bertz CT molecular complexity index is 490. The van der Waals surface area contributed by atoms with Gasteiger partial charge in [0.1, 0.15) is 0 Å². The number of thiazole rings is 1. The van der Waals surface area contributed by atoms with Gasteiger partial charge in [-0.2, -0.15) is 0 Å². The minimum Gasteiger partial charge on any atom is -0.330 e. The van der Waals surface area contributed by atoms with E-state index < -0.39 is 0 Å². The van der Waals surface area contributed by atoms with Gasteiger partial charge < -0.3 is 5.73 Å². The molecule has 1 heterocycles. The van der Waals surface area contributed by atoms with Gasteiger partial charge in [-0.15, -0.1) is 11.3 Å². The van der Waals surface area contributed by atoms with Crippen molar-refractivity contribution in [1.29, 1.82) is 0 Å². The van der Waals surface area contributed by atoms with Crippen molar-refractivity contribution in [3.63, 3.8) is 0 Å². The van der Waals surface area contributed by atoms with Crippen LogP contribution >= 0.6 is 11.3 Å². The smallest absolute Gasteiger partial charge is 0.0938 e. The Kier molecular flexibility index (Phi) is 4.13. The standard InChI is InChI=1S/C14H20N2S/c1-10(7-8-15)4-6-14-16-12-9-11(2)3-5-13(12)17-14/h3,5,9-10H,4,6-8,15H2,1-2H3. The minimum absolute atomic E-state index is 0.703. The lowest BCUT2D eigenvalue weighted by Gasteiger charge is -2.07. The predicted molar refractivity (Wildman–Crippen MR) is 75.5 cm³/mol. The summed E-state index contributed by atoms with van der Waals surface area (Å²) in [6.07, 6.45) is 3.39. The first-order valence-electron chi connectivity index (χ1n) is 6.25. The molecule has 0 bridgehead atoms. The van der Waals surface area contributed by atoms with Gasteiger partial charge in [0.25, 0.3) is 0 Å². The van der Waals surface area contributed by atoms with Crippen molar-refractivity contribution in [2.24, 2.45) is 11.7 Å². The first-order valence-corrected chi connectivity index (χ1v) is 7.07. The maximum atomic E-state index is 5.56. The van der Waals surface area contributed by atoms with Crippen LogP contribution in [-0.2, 0) is 6.42 Å². The van der Waals surface area contributed by atoms with Crippen LogP contribution in [0.3, 0.4) is 0 Å². The van der Waals surface area contributed by atoms with Crippen molar-refractivity contribution >= 4 is 21.6 Å². The number of nitrogens with zero attached hydrogens (tertiary/aromatic N) is 1. The fourth-order valence-electron chi connectivity index (χ4n) is 1.99. The highest BCUT2D eigenvalue weighted by Crippen LogP contribution is 2.24. The minimum atomic E-state index is 0.703. The molecule has 0 aliphatic carbocycles. The predicted octanol–water partition coefficient (Wildman–Crippen LogP) is 3.52. The summed E-state index contributed by atoms with van der Waals surface area (Å²) in [6, 6.07) is 6.50. The SMILES string of the molecule is Cc1ccc2sc(CCC(C)CCN)nc2c1. The fraction of sp³-hybridized carbons (Fsp3) is 0.500. The molecule has 1 atom stereocenters. The molecule has 2 aromatic rings. The molecule has 0 aliphatic heterocycles. The van der Waals surface area contributed by atoms with Gasteiger partial charge in [0.05, 0.1) is 15.2 Å². The first-order chi connectivity index (χ1) is 8.19. The maximum absolute atomic E-state index is 5.56. The molecule has 17 heavy (non-hydrogen) atoms. The summed E-state index contributed by atoms with van der Waals surface area (Å²) in [5.41, 5.74) is 8.00. The van der Waals surface area contributed by atoms with Crippen LogP contribution in [0.25, 0.3) is 10.2 Å². The van der Waals surface area contributed by atoms with Crippen molar-refractivity contribution in [2.45, 2.75) is 33.1 Å². The summed E-state index contributed by atoms with van der Waals surface area (Å²) in [5, 5.41) is 1.26. The largest absolute Gasteiger partial charge is 0.330 e. The molecule has 3 heteroatoms. The number of fused-ring (bicyclic) bond motifs is 1. The van der Waals surface area contributed by atoms with Crippen LogP contribution < -0.4 is 5.73 Å². The monoisotopic (exact) mass is 248 g/mol. The molecule has 0 radical (unpaired) electrons. The Hall–Kier alpha value is -0.930. The third-order valence-corrected chi connectivity index (χ3v) is 4.19. The zero-order chi connectivity index (χ0) is 12.3. The number of aryl methyl sites for hydroxylation is 2. The number of benzene rings is 1. The lowest BCUT2D eigenvalue weighted by Crippen LogP contribution is -2.06. The molecule has 2 rings (SSSR count). The van der Waals surface area contributed by atoms with Crippen LogP contribution in [-0.4, -0.2) is 11.5 Å². The molecule has 0 saturated carbocycles. The summed E-state index contributed by atoms with van der Waals surface area (Å²) < 4.78 is 1.30. The molecule has 0 spiro atoms. The van der Waals surface area contributed by atoms with E-state index in [2.05, 4.69) is 32.0 Å². The Morgan fingerprint density at radius 3 is 2.94 bits per heavy atom. The molecule has 92 valence electrons. The van der Waals surface area contributed by atoms with Crippen LogP contribution in [0.2, 0.25) is 0 Å². The van der Waals surface area contributed by atoms with Gasteiger partial charge in [-0.25, -0.2) is 4.98 Å². The topological polar surface area (TPSA) is 38.9 Å². The highest BCUT2D eigenvalue weighted by atomic mass is 32.1. The molecule has 1 aromatic carbocycles. The summed E-state index contributed by atoms with van der Waals surface area (Å²) in [5.74, 6) is 0.703. The Labute approximate surface area is 107 Å². The summed E-state index contributed by atoms with van der Waals surface area (Å²) in [7, 11) is 0. The average Bonchev–Trinajstić information content (AvgIpc) is 2.68. The van der Waals surface area contributed by atoms with Crippen LogP contribution in [0.15, 0.2) is 18.2 Å². The zero-order valence-electron chi connectivity index (χ0n) is 10.6. The second kappa shape index (κ2) is 5.61. The summed E-state index contributed by atoms with van der Waals surface area (Å²) in [6.45, 7) is 5.17. The second-order valence-electron chi connectivity index (χ2n) is 4.80. The zero-order valence-corrected chi connectivity index (χ0v) is 11.4. The van der Waals surface area contributed by atoms with Crippen LogP contribution in [0.4, 0.5) is 0 Å². The second-order valence-corrected chi connectivity index (χ2v) is 5.92. The Morgan fingerprint density at radius 2 is 2.18 bits per heavy atom. The highest BCUT2D eigenvalue weighted by molar-refractivity contribution is 7.18. The number of nitrogens with two attached hydrogens (primary N) is 1. The number of aromatic nitrogens is 1. The lowest BCUT2D eigenvalue weighted by molar-refractivity contribution is 0.499. The fourth-order valence-corrected chi connectivity index (χ4v) is 2.95. The van der Waals surface area contributed by atoms with Gasteiger partial charge in [-0.3, -0.25) is 0 Å². The van der Waals surface area contributed by atoms with Gasteiger partial charge in [-0.05, 0) is 56.3 Å². The van der Waals surface area contributed by atoms with Crippen molar-refractivity contribution in [1.82, 2.24) is 4.98 Å². The Balaban J connectivity index is 2.04. The Morgan fingerprint density at radius 1 is 1.35 bits per heavy atom. The van der Waals surface area contributed by atoms with E-state index in [0.717, 1.165) is 24.9 Å². The van der Waals surface area contributed by atoms with E-state index in [1.165, 1.54) is 21.7 Å². The van der Waals surface area contributed by atoms with Crippen molar-refractivity contribution in [2.75, 3.05) is 6.54 Å². The number of hydrogen-bond acceptors (Lipinski definition) is 3. The summed E-state index contributed by atoms with van der Waals surface area (Å²) in [4.78, 5) is 4.69. The molecular formula is C14H20N2S. The van der Waals surface area contributed by atoms with E-state index in [1.807, 2.05) is 11.3 Å². The molecule has 0 fully saturated rings. The first kappa shape index (κ1) is 12.5. The van der Waals surface area contributed by atoms with Crippen molar-refractivity contribution < 1.29 is 0 Å². The van der Waals surface area contributed by atoms with Crippen molar-refractivity contribution in [3.8, 4) is 0 Å². The number of rotatable bonds is 5. The molecule has 1 unspecified atom stereocenters. The lowest BCUT2D eigenvalue weighted by atomic mass is 10.0. The average molecular weight is 248 g/mol. The number of hydrogen-bond donors (Lipinski definition) is 1.